The number of hydrogen-bond acceptors (Lipinski definition) is 2. The second kappa shape index (κ2) is 2.14. The summed E-state index contributed by atoms with van der Waals surface area (Å²) in [4.78, 5) is 0. The third-order valence-electron chi connectivity index (χ3n) is 0.821. The zero-order chi connectivity index (χ0) is 5.98. The first-order valence-corrected chi connectivity index (χ1v) is 3.02. The quantitative estimate of drug-likeness (QED) is 0.312. The number of rotatable bonds is 1. The van der Waals surface area contributed by atoms with Crippen LogP contribution in [0.15, 0.2) is 16.9 Å². The van der Waals surface area contributed by atoms with Crippen LogP contribution < -0.4 is 4.73 Å². The van der Waals surface area contributed by atoms with Crippen LogP contribution in [0.25, 0.3) is 0 Å². The summed E-state index contributed by atoms with van der Waals surface area (Å²) in [6.45, 7) is 0. The Morgan fingerprint density at radius 3 is 2.88 bits per heavy atom. The van der Waals surface area contributed by atoms with E-state index >= 15 is 0 Å². The van der Waals surface area contributed by atoms with Gasteiger partial charge in [0, 0.05) is 0 Å². The van der Waals surface area contributed by atoms with Crippen molar-refractivity contribution in [3.63, 3.8) is 0 Å². The van der Waals surface area contributed by atoms with E-state index in [1.54, 1.807) is 0 Å². The zero-order valence-electron chi connectivity index (χ0n) is 4.20. The van der Waals surface area contributed by atoms with Crippen molar-refractivity contribution in [2.75, 3.05) is 0 Å². The van der Waals surface area contributed by atoms with Crippen LogP contribution in [0.4, 0.5) is 0 Å². The molecule has 0 radical (unpaired) electrons. The van der Waals surface area contributed by atoms with Crippen molar-refractivity contribution in [1.29, 1.82) is 0 Å². The second-order valence-electron chi connectivity index (χ2n) is 1.33. The Kier molecular flexibility index (Phi) is 1.49. The molecule has 0 amide bonds. The second-order valence-corrected chi connectivity index (χ2v) is 1.73. The van der Waals surface area contributed by atoms with Gasteiger partial charge in [0.2, 0.25) is 6.20 Å². The molecule has 44 valence electrons. The lowest BCUT2D eigenvalue weighted by Crippen LogP contribution is -2.26. The van der Waals surface area contributed by atoms with Gasteiger partial charge in [0.05, 0.1) is 6.16 Å². The van der Waals surface area contributed by atoms with Crippen molar-refractivity contribution in [3.8, 4) is 0 Å². The van der Waals surface area contributed by atoms with Crippen LogP contribution in [0, 0.1) is 5.21 Å². The van der Waals surface area contributed by atoms with Gasteiger partial charge in [-0.05, 0) is 0 Å². The molecule has 1 heterocycles. The molecule has 0 aliphatic rings. The van der Waals surface area contributed by atoms with E-state index in [0.29, 0.717) is 16.8 Å². The Bertz CT molecular complexity index is 174. The lowest BCUT2D eigenvalue weighted by Gasteiger charge is -1.88. The largest absolute Gasteiger partial charge is 0.616 e. The molecule has 0 saturated heterocycles. The van der Waals surface area contributed by atoms with E-state index in [9.17, 15) is 5.21 Å². The third kappa shape index (κ3) is 0.819. The Morgan fingerprint density at radius 2 is 2.62 bits per heavy atom. The molecule has 1 unspecified atom stereocenters. The average molecular weight is 131 g/mol. The van der Waals surface area contributed by atoms with Crippen LogP contribution in [0.1, 0.15) is 5.89 Å². The molecule has 0 fully saturated rings. The van der Waals surface area contributed by atoms with Crippen LogP contribution in [0.5, 0.6) is 0 Å². The van der Waals surface area contributed by atoms with Gasteiger partial charge >= 0.3 is 5.89 Å². The van der Waals surface area contributed by atoms with Crippen LogP contribution >= 0.6 is 9.24 Å². The van der Waals surface area contributed by atoms with Crippen molar-refractivity contribution in [3.05, 3.63) is 23.6 Å². The van der Waals surface area contributed by atoms with Crippen molar-refractivity contribution in [2.45, 2.75) is 6.16 Å². The van der Waals surface area contributed by atoms with E-state index < -0.39 is 0 Å². The molecule has 1 atom stereocenters. The number of nitrogens with zero attached hydrogens (tertiary/aromatic N) is 1. The predicted molar refractivity (Wildman–Crippen MR) is 31.1 cm³/mol. The molecule has 0 bridgehead atoms. The maximum absolute atomic E-state index is 10.5. The molecule has 3 nitrogen and oxygen atoms in total. The minimum atomic E-state index is 0.426. The number of aromatic nitrogens is 1. The fourth-order valence-electron chi connectivity index (χ4n) is 0.437. The first-order chi connectivity index (χ1) is 3.84. The van der Waals surface area contributed by atoms with Gasteiger partial charge in [0.25, 0.3) is 0 Å². The van der Waals surface area contributed by atoms with E-state index in [2.05, 4.69) is 9.24 Å². The van der Waals surface area contributed by atoms with Crippen LogP contribution in [0.3, 0.4) is 0 Å². The molecule has 0 aliphatic heterocycles. The average Bonchev–Trinajstić information content (AvgIpc) is 2.14. The summed E-state index contributed by atoms with van der Waals surface area (Å²) in [6, 6.07) is 0. The lowest BCUT2D eigenvalue weighted by molar-refractivity contribution is -0.616. The monoisotopic (exact) mass is 131 g/mol. The van der Waals surface area contributed by atoms with E-state index in [1.165, 1.54) is 12.5 Å². The zero-order valence-corrected chi connectivity index (χ0v) is 5.36. The van der Waals surface area contributed by atoms with E-state index in [0.717, 1.165) is 0 Å². The molecular formula is C4H6NO2P. The normalized spacial score (nSPS) is 9.62. The van der Waals surface area contributed by atoms with E-state index in [1.807, 2.05) is 0 Å². The fraction of sp³-hybridized carbons (Fsp3) is 0.250. The lowest BCUT2D eigenvalue weighted by atomic mass is 10.8. The minimum absolute atomic E-state index is 0.426. The van der Waals surface area contributed by atoms with Gasteiger partial charge in [-0.25, -0.2) is 0 Å². The van der Waals surface area contributed by atoms with Crippen LogP contribution in [-0.2, 0) is 6.16 Å². The van der Waals surface area contributed by atoms with Crippen LogP contribution in [-0.4, -0.2) is 0 Å². The summed E-state index contributed by atoms with van der Waals surface area (Å²) in [5.74, 6) is 0.426. The summed E-state index contributed by atoms with van der Waals surface area (Å²) in [7, 11) is 2.40. The van der Waals surface area contributed by atoms with Gasteiger partial charge in [-0.2, -0.15) is 0 Å². The summed E-state index contributed by atoms with van der Waals surface area (Å²) in [5.41, 5.74) is 0. The Labute approximate surface area is 49.1 Å². The Hall–Kier alpha value is -0.560. The highest BCUT2D eigenvalue weighted by atomic mass is 31.0. The SMILES string of the molecule is [O-][n+]1ccoc1CP. The molecule has 0 spiro atoms. The van der Waals surface area contributed by atoms with Crippen molar-refractivity contribution in [1.82, 2.24) is 0 Å². The highest BCUT2D eigenvalue weighted by Crippen LogP contribution is 1.97. The van der Waals surface area contributed by atoms with Gasteiger partial charge < -0.3 is 9.62 Å². The standard InChI is InChI=1S/C4H6NO2P/c6-5-1-2-7-4(5)3-8/h1-2H,3,8H2. The molecule has 1 rings (SSSR count). The molecule has 0 saturated carbocycles. The Balaban J connectivity index is 2.92. The molecule has 8 heavy (non-hydrogen) atoms. The van der Waals surface area contributed by atoms with Gasteiger partial charge in [-0.3, -0.25) is 0 Å². The third-order valence-corrected chi connectivity index (χ3v) is 1.17. The first-order valence-electron chi connectivity index (χ1n) is 2.20. The van der Waals surface area contributed by atoms with Gasteiger partial charge in [0.15, 0.2) is 6.26 Å². The molecule has 0 aliphatic carbocycles. The summed E-state index contributed by atoms with van der Waals surface area (Å²) in [5, 5.41) is 10.5. The minimum Gasteiger partial charge on any atom is -0.616 e. The Morgan fingerprint density at radius 1 is 1.88 bits per heavy atom. The topological polar surface area (TPSA) is 40.1 Å². The van der Waals surface area contributed by atoms with E-state index in [4.69, 9.17) is 4.42 Å². The maximum Gasteiger partial charge on any atom is 0.362 e. The highest BCUT2D eigenvalue weighted by molar-refractivity contribution is 7.15. The molecule has 1 aromatic rings. The van der Waals surface area contributed by atoms with Crippen molar-refractivity contribution in [2.24, 2.45) is 0 Å². The molecule has 1 aromatic heterocycles. The fourth-order valence-corrected chi connectivity index (χ4v) is 0.714. The summed E-state index contributed by atoms with van der Waals surface area (Å²) >= 11 is 0. The van der Waals surface area contributed by atoms with Gasteiger partial charge in [-0.15, -0.1) is 14.0 Å². The van der Waals surface area contributed by atoms with E-state index in [-0.39, 0.29) is 0 Å². The first kappa shape index (κ1) is 5.57. The van der Waals surface area contributed by atoms with Crippen LogP contribution in [0.2, 0.25) is 0 Å². The van der Waals surface area contributed by atoms with Gasteiger partial charge in [0.1, 0.15) is 0 Å². The number of oxazole rings is 1. The summed E-state index contributed by atoms with van der Waals surface area (Å²) in [6.07, 6.45) is 3.27. The molecule has 4 heteroatoms. The highest BCUT2D eigenvalue weighted by Gasteiger charge is 2.02. The molecule has 0 aromatic carbocycles. The maximum atomic E-state index is 10.5. The molecular weight excluding hydrogens is 125 g/mol. The predicted octanol–water partition coefficient (Wildman–Crippen LogP) is 0.288. The summed E-state index contributed by atoms with van der Waals surface area (Å²) < 4.78 is 5.44. The smallest absolute Gasteiger partial charge is 0.362 e. The molecule has 0 N–H and O–H groups in total. The van der Waals surface area contributed by atoms with Crippen molar-refractivity contribution >= 4 is 9.24 Å². The van der Waals surface area contributed by atoms with Gasteiger partial charge in [-0.1, -0.05) is 0 Å². The number of hydrogen-bond donors (Lipinski definition) is 0. The van der Waals surface area contributed by atoms with Crippen molar-refractivity contribution < 1.29 is 9.15 Å².